The molecule has 3 aromatic rings. The maximum atomic E-state index is 11.4. The fourth-order valence-corrected chi connectivity index (χ4v) is 2.92. The number of hydrogen-bond acceptors (Lipinski definition) is 4. The quantitative estimate of drug-likeness (QED) is 0.718. The molecule has 1 amide bonds. The molecule has 0 aliphatic carbocycles. The Morgan fingerprint density at radius 2 is 1.81 bits per heavy atom. The fourth-order valence-electron chi connectivity index (χ4n) is 2.92. The smallest absolute Gasteiger partial charge is 0.248 e. The van der Waals surface area contributed by atoms with E-state index in [1.54, 1.807) is 25.6 Å². The van der Waals surface area contributed by atoms with Crippen molar-refractivity contribution in [1.29, 1.82) is 0 Å². The highest BCUT2D eigenvalue weighted by Crippen LogP contribution is 2.25. The Labute approximate surface area is 158 Å². The lowest BCUT2D eigenvalue weighted by Gasteiger charge is -2.11. The van der Waals surface area contributed by atoms with E-state index in [9.17, 15) is 4.79 Å². The van der Waals surface area contributed by atoms with Gasteiger partial charge in [-0.3, -0.25) is 9.78 Å². The third-order valence-corrected chi connectivity index (χ3v) is 4.40. The van der Waals surface area contributed by atoms with Crippen LogP contribution in [-0.4, -0.2) is 18.0 Å². The van der Waals surface area contributed by atoms with E-state index in [4.69, 9.17) is 15.2 Å². The molecule has 0 aliphatic heterocycles. The van der Waals surface area contributed by atoms with E-state index < -0.39 is 5.91 Å². The molecule has 0 fully saturated rings. The van der Waals surface area contributed by atoms with E-state index in [2.05, 4.69) is 4.98 Å². The Kier molecular flexibility index (Phi) is 5.41. The van der Waals surface area contributed by atoms with Crippen LogP contribution in [0.2, 0.25) is 0 Å². The van der Waals surface area contributed by atoms with Crippen molar-refractivity contribution in [2.24, 2.45) is 5.73 Å². The number of aromatic nitrogens is 1. The third-order valence-electron chi connectivity index (χ3n) is 4.40. The van der Waals surface area contributed by atoms with Crippen LogP contribution in [0.25, 0.3) is 11.1 Å². The first-order valence-electron chi connectivity index (χ1n) is 8.60. The lowest BCUT2D eigenvalue weighted by atomic mass is 10.00. The number of hydrogen-bond donors (Lipinski definition) is 1. The standard InChI is InChI=1S/C22H22N2O3/c1-14-8-17(4-6-20(14)22(23)25)18-10-16(11-24-12-18)13-27-21-7-5-19(26-3)9-15(21)2/h4-12H,13H2,1-3H3,(H2,23,25). The lowest BCUT2D eigenvalue weighted by Crippen LogP contribution is -2.12. The normalized spacial score (nSPS) is 10.5. The minimum absolute atomic E-state index is 0.409. The predicted octanol–water partition coefficient (Wildman–Crippen LogP) is 4.05. The van der Waals surface area contributed by atoms with Crippen LogP contribution >= 0.6 is 0 Å². The number of rotatable bonds is 6. The number of ether oxygens (including phenoxy) is 2. The number of methoxy groups -OCH3 is 1. The summed E-state index contributed by atoms with van der Waals surface area (Å²) in [5.74, 6) is 1.19. The van der Waals surface area contributed by atoms with Gasteiger partial charge in [-0.2, -0.15) is 0 Å². The molecule has 0 unspecified atom stereocenters. The molecule has 2 aromatic carbocycles. The molecule has 0 saturated carbocycles. The van der Waals surface area contributed by atoms with Crippen LogP contribution in [-0.2, 0) is 6.61 Å². The van der Waals surface area contributed by atoms with Crippen LogP contribution in [0.15, 0.2) is 54.9 Å². The minimum Gasteiger partial charge on any atom is -0.497 e. The zero-order valence-electron chi connectivity index (χ0n) is 15.7. The largest absolute Gasteiger partial charge is 0.497 e. The molecule has 0 radical (unpaired) electrons. The lowest BCUT2D eigenvalue weighted by molar-refractivity contribution is 0.0999. The van der Waals surface area contributed by atoms with Gasteiger partial charge in [0.15, 0.2) is 0 Å². The van der Waals surface area contributed by atoms with E-state index in [-0.39, 0.29) is 0 Å². The zero-order valence-corrected chi connectivity index (χ0v) is 15.7. The van der Waals surface area contributed by atoms with E-state index in [1.165, 1.54) is 0 Å². The molecule has 1 aromatic heterocycles. The fraction of sp³-hybridized carbons (Fsp3) is 0.182. The van der Waals surface area contributed by atoms with Crippen molar-refractivity contribution in [2.75, 3.05) is 7.11 Å². The van der Waals surface area contributed by atoms with Gasteiger partial charge >= 0.3 is 0 Å². The Morgan fingerprint density at radius 3 is 2.48 bits per heavy atom. The first-order valence-corrected chi connectivity index (χ1v) is 8.60. The number of nitrogens with zero attached hydrogens (tertiary/aromatic N) is 1. The van der Waals surface area contributed by atoms with Crippen molar-refractivity contribution >= 4 is 5.91 Å². The summed E-state index contributed by atoms with van der Waals surface area (Å²) in [7, 11) is 1.64. The molecule has 0 atom stereocenters. The second kappa shape index (κ2) is 7.91. The van der Waals surface area contributed by atoms with Crippen LogP contribution in [0.1, 0.15) is 27.0 Å². The third kappa shape index (κ3) is 4.26. The molecule has 1 heterocycles. The minimum atomic E-state index is -0.422. The number of carbonyl (C=O) groups excluding carboxylic acids is 1. The van der Waals surface area contributed by atoms with E-state index >= 15 is 0 Å². The van der Waals surface area contributed by atoms with Gasteiger partial charge in [0.2, 0.25) is 5.91 Å². The highest BCUT2D eigenvalue weighted by molar-refractivity contribution is 5.94. The van der Waals surface area contributed by atoms with Crippen LogP contribution in [0, 0.1) is 13.8 Å². The molecule has 0 bridgehead atoms. The molecule has 5 heteroatoms. The van der Waals surface area contributed by atoms with Crippen molar-refractivity contribution < 1.29 is 14.3 Å². The zero-order chi connectivity index (χ0) is 19.4. The van der Waals surface area contributed by atoms with Gasteiger partial charge in [-0.15, -0.1) is 0 Å². The number of benzene rings is 2. The van der Waals surface area contributed by atoms with Crippen LogP contribution in [0.3, 0.4) is 0 Å². The summed E-state index contributed by atoms with van der Waals surface area (Å²) in [6.07, 6.45) is 3.58. The molecule has 0 saturated heterocycles. The molecule has 27 heavy (non-hydrogen) atoms. The molecule has 5 nitrogen and oxygen atoms in total. The van der Waals surface area contributed by atoms with Crippen molar-refractivity contribution in [3.05, 3.63) is 77.1 Å². The topological polar surface area (TPSA) is 74.4 Å². The van der Waals surface area contributed by atoms with Gasteiger partial charge in [0.1, 0.15) is 18.1 Å². The van der Waals surface area contributed by atoms with Gasteiger partial charge in [-0.25, -0.2) is 0 Å². The summed E-state index contributed by atoms with van der Waals surface area (Å²) in [4.78, 5) is 15.7. The van der Waals surface area contributed by atoms with Crippen LogP contribution in [0.5, 0.6) is 11.5 Å². The SMILES string of the molecule is COc1ccc(OCc2cncc(-c3ccc(C(N)=O)c(C)c3)c2)c(C)c1. The molecular weight excluding hydrogens is 340 g/mol. The van der Waals surface area contributed by atoms with Gasteiger partial charge < -0.3 is 15.2 Å². The Balaban J connectivity index is 1.78. The summed E-state index contributed by atoms with van der Waals surface area (Å²) in [5.41, 5.74) is 10.7. The van der Waals surface area contributed by atoms with Crippen LogP contribution < -0.4 is 15.2 Å². The Hall–Kier alpha value is -3.34. The van der Waals surface area contributed by atoms with Crippen molar-refractivity contribution in [2.45, 2.75) is 20.5 Å². The first-order chi connectivity index (χ1) is 13.0. The molecule has 138 valence electrons. The summed E-state index contributed by atoms with van der Waals surface area (Å²) < 4.78 is 11.1. The maximum absolute atomic E-state index is 11.4. The number of nitrogens with two attached hydrogens (primary N) is 1. The highest BCUT2D eigenvalue weighted by atomic mass is 16.5. The van der Waals surface area contributed by atoms with Gasteiger partial charge in [-0.1, -0.05) is 12.1 Å². The van der Waals surface area contributed by atoms with Crippen molar-refractivity contribution in [1.82, 2.24) is 4.98 Å². The molecular formula is C22H22N2O3. The molecule has 0 spiro atoms. The summed E-state index contributed by atoms with van der Waals surface area (Å²) in [6, 6.07) is 13.3. The number of carbonyl (C=O) groups is 1. The molecule has 3 rings (SSSR count). The average molecular weight is 362 g/mol. The van der Waals surface area contributed by atoms with Gasteiger partial charge in [-0.05, 0) is 60.9 Å². The van der Waals surface area contributed by atoms with Gasteiger partial charge in [0.05, 0.1) is 7.11 Å². The summed E-state index contributed by atoms with van der Waals surface area (Å²) >= 11 is 0. The van der Waals surface area contributed by atoms with E-state index in [1.807, 2.05) is 50.2 Å². The monoisotopic (exact) mass is 362 g/mol. The Morgan fingerprint density at radius 1 is 1.00 bits per heavy atom. The average Bonchev–Trinajstić information content (AvgIpc) is 2.66. The predicted molar refractivity (Wildman–Crippen MR) is 105 cm³/mol. The molecule has 0 aliphatic rings. The maximum Gasteiger partial charge on any atom is 0.248 e. The van der Waals surface area contributed by atoms with Crippen molar-refractivity contribution in [3.63, 3.8) is 0 Å². The number of aryl methyl sites for hydroxylation is 2. The first kappa shape index (κ1) is 18.5. The number of amides is 1. The number of pyridine rings is 1. The summed E-state index contributed by atoms with van der Waals surface area (Å²) in [5, 5.41) is 0. The Bertz CT molecular complexity index is 983. The van der Waals surface area contributed by atoms with E-state index in [0.29, 0.717) is 12.2 Å². The number of primary amides is 1. The highest BCUT2D eigenvalue weighted by Gasteiger charge is 2.08. The second-order valence-electron chi connectivity index (χ2n) is 6.40. The van der Waals surface area contributed by atoms with E-state index in [0.717, 1.165) is 39.3 Å². The van der Waals surface area contributed by atoms with Crippen LogP contribution in [0.4, 0.5) is 0 Å². The second-order valence-corrected chi connectivity index (χ2v) is 6.40. The van der Waals surface area contributed by atoms with Crippen molar-refractivity contribution in [3.8, 4) is 22.6 Å². The van der Waals surface area contributed by atoms with Gasteiger partial charge in [0.25, 0.3) is 0 Å². The summed E-state index contributed by atoms with van der Waals surface area (Å²) in [6.45, 7) is 4.26. The van der Waals surface area contributed by atoms with Gasteiger partial charge in [0, 0.05) is 29.1 Å². The molecule has 2 N–H and O–H groups in total.